The molecule has 0 aliphatic carbocycles. The summed E-state index contributed by atoms with van der Waals surface area (Å²) in [5.74, 6) is 0.320. The zero-order chi connectivity index (χ0) is 16.4. The summed E-state index contributed by atoms with van der Waals surface area (Å²) in [6.45, 7) is -0.194. The molecule has 0 N–H and O–H groups in total. The van der Waals surface area contributed by atoms with Gasteiger partial charge >= 0.3 is 0 Å². The van der Waals surface area contributed by atoms with Crippen LogP contribution in [-0.4, -0.2) is 19.6 Å². The van der Waals surface area contributed by atoms with Gasteiger partial charge in [-0.15, -0.1) is 0 Å². The molecule has 0 radical (unpaired) electrons. The van der Waals surface area contributed by atoms with Gasteiger partial charge in [-0.3, -0.25) is 19.5 Å². The van der Waals surface area contributed by atoms with Gasteiger partial charge in [0.2, 0.25) is 11.7 Å². The molecule has 0 aliphatic heterocycles. The molecule has 0 fully saturated rings. The molecule has 0 aliphatic rings. The van der Waals surface area contributed by atoms with Crippen LogP contribution >= 0.6 is 0 Å². The average Bonchev–Trinajstić information content (AvgIpc) is 3.20. The topological polar surface area (TPSA) is 141 Å². The van der Waals surface area contributed by atoms with Crippen molar-refractivity contribution in [3.05, 3.63) is 62.8 Å². The molecule has 3 aromatic rings. The molecule has 114 valence electrons. The Labute approximate surface area is 127 Å². The van der Waals surface area contributed by atoms with Crippen LogP contribution in [0.5, 0.6) is 0 Å². The first-order valence-corrected chi connectivity index (χ1v) is 6.22. The highest BCUT2D eigenvalue weighted by Crippen LogP contribution is 2.16. The third-order valence-electron chi connectivity index (χ3n) is 2.96. The molecule has 0 unspecified atom stereocenters. The fourth-order valence-corrected chi connectivity index (χ4v) is 1.89. The molecule has 10 nitrogen and oxygen atoms in total. The summed E-state index contributed by atoms with van der Waals surface area (Å²) >= 11 is 0. The average molecular weight is 313 g/mol. The van der Waals surface area contributed by atoms with E-state index in [0.29, 0.717) is 5.56 Å². The maximum Gasteiger partial charge on any atom is 0.287 e. The Morgan fingerprint density at radius 2 is 2.30 bits per heavy atom. The highest BCUT2D eigenvalue weighted by Gasteiger charge is 2.16. The van der Waals surface area contributed by atoms with Gasteiger partial charge in [-0.1, -0.05) is 5.16 Å². The molecule has 0 aromatic carbocycles. The van der Waals surface area contributed by atoms with Crippen LogP contribution in [0.3, 0.4) is 0 Å². The van der Waals surface area contributed by atoms with Crippen molar-refractivity contribution in [1.82, 2.24) is 14.7 Å². The molecular formula is C13H7N5O5. The fourth-order valence-electron chi connectivity index (χ4n) is 1.89. The minimum absolute atomic E-state index is 0.0627. The first kappa shape index (κ1) is 14.2. The van der Waals surface area contributed by atoms with Gasteiger partial charge in [-0.05, 0) is 6.07 Å². The second-order valence-corrected chi connectivity index (χ2v) is 4.44. The van der Waals surface area contributed by atoms with Crippen LogP contribution in [-0.2, 0) is 6.54 Å². The van der Waals surface area contributed by atoms with Gasteiger partial charge in [-0.2, -0.15) is 10.2 Å². The Morgan fingerprint density at radius 1 is 1.48 bits per heavy atom. The normalized spacial score (nSPS) is 10.4. The van der Waals surface area contributed by atoms with Crippen molar-refractivity contribution in [2.24, 2.45) is 0 Å². The summed E-state index contributed by atoms with van der Waals surface area (Å²) in [5.41, 5.74) is -0.810. The summed E-state index contributed by atoms with van der Waals surface area (Å²) in [6, 6.07) is 4.17. The Bertz CT molecular complexity index is 964. The number of nitriles is 1. The molecule has 3 aromatic heterocycles. The van der Waals surface area contributed by atoms with E-state index in [0.717, 1.165) is 16.8 Å². The second-order valence-electron chi connectivity index (χ2n) is 4.44. The van der Waals surface area contributed by atoms with E-state index in [2.05, 4.69) is 10.1 Å². The zero-order valence-electron chi connectivity index (χ0n) is 11.4. The van der Waals surface area contributed by atoms with Crippen LogP contribution in [0.1, 0.15) is 11.5 Å². The summed E-state index contributed by atoms with van der Waals surface area (Å²) in [7, 11) is 0. The van der Waals surface area contributed by atoms with Crippen LogP contribution < -0.4 is 5.56 Å². The number of nitro groups is 1. The first-order valence-electron chi connectivity index (χ1n) is 6.22. The van der Waals surface area contributed by atoms with E-state index < -0.39 is 10.5 Å². The van der Waals surface area contributed by atoms with Crippen molar-refractivity contribution in [1.29, 1.82) is 5.26 Å². The van der Waals surface area contributed by atoms with Crippen molar-refractivity contribution >= 4 is 5.69 Å². The van der Waals surface area contributed by atoms with Gasteiger partial charge in [0, 0.05) is 6.07 Å². The van der Waals surface area contributed by atoms with E-state index in [9.17, 15) is 14.9 Å². The number of aromatic nitrogens is 3. The lowest BCUT2D eigenvalue weighted by atomic mass is 10.2. The number of rotatable bonds is 4. The quantitative estimate of drug-likeness (QED) is 0.518. The number of hydrogen-bond donors (Lipinski definition) is 0. The van der Waals surface area contributed by atoms with Crippen LogP contribution in [0.15, 0.2) is 44.6 Å². The number of nitrogens with zero attached hydrogens (tertiary/aromatic N) is 5. The maximum absolute atomic E-state index is 12.0. The van der Waals surface area contributed by atoms with Crippen LogP contribution in [0.4, 0.5) is 5.69 Å². The second kappa shape index (κ2) is 5.57. The third kappa shape index (κ3) is 2.70. The fraction of sp³-hybridized carbons (Fsp3) is 0.0769. The smallest absolute Gasteiger partial charge is 0.287 e. The predicted molar refractivity (Wildman–Crippen MR) is 73.2 cm³/mol. The van der Waals surface area contributed by atoms with E-state index in [1.165, 1.54) is 12.5 Å². The molecule has 23 heavy (non-hydrogen) atoms. The molecule has 3 rings (SSSR count). The van der Waals surface area contributed by atoms with Gasteiger partial charge in [0.15, 0.2) is 0 Å². The molecular weight excluding hydrogens is 306 g/mol. The van der Waals surface area contributed by atoms with Crippen LogP contribution in [0.2, 0.25) is 0 Å². The van der Waals surface area contributed by atoms with E-state index in [-0.39, 0.29) is 29.5 Å². The van der Waals surface area contributed by atoms with E-state index in [1.54, 1.807) is 12.1 Å². The summed E-state index contributed by atoms with van der Waals surface area (Å²) in [6.07, 6.45) is 3.88. The summed E-state index contributed by atoms with van der Waals surface area (Å²) < 4.78 is 10.9. The van der Waals surface area contributed by atoms with Crippen LogP contribution in [0.25, 0.3) is 11.4 Å². The van der Waals surface area contributed by atoms with Gasteiger partial charge in [0.05, 0.1) is 22.9 Å². The van der Waals surface area contributed by atoms with Gasteiger partial charge in [0.25, 0.3) is 11.2 Å². The number of pyridine rings is 1. The maximum atomic E-state index is 12.0. The standard InChI is InChI=1S/C13H7N5O5/c14-4-9-3-10(18(20)21)5-17(13(9)19)6-11-15-12(16-23-11)8-1-2-22-7-8/h1-3,5,7H,6H2. The highest BCUT2D eigenvalue weighted by molar-refractivity contribution is 5.51. The molecule has 10 heteroatoms. The highest BCUT2D eigenvalue weighted by atomic mass is 16.6. The largest absolute Gasteiger partial charge is 0.472 e. The van der Waals surface area contributed by atoms with Crippen molar-refractivity contribution in [3.8, 4) is 17.5 Å². The lowest BCUT2D eigenvalue weighted by molar-refractivity contribution is -0.385. The molecule has 3 heterocycles. The molecule has 0 saturated carbocycles. The summed E-state index contributed by atoms with van der Waals surface area (Å²) in [5, 5.41) is 23.5. The van der Waals surface area contributed by atoms with Crippen LogP contribution in [0, 0.1) is 21.4 Å². The van der Waals surface area contributed by atoms with E-state index in [4.69, 9.17) is 14.2 Å². The Balaban J connectivity index is 1.97. The van der Waals surface area contributed by atoms with Crippen molar-refractivity contribution < 1.29 is 13.9 Å². The SMILES string of the molecule is N#Cc1cc([N+](=O)[O-])cn(Cc2nc(-c3ccoc3)no2)c1=O. The zero-order valence-corrected chi connectivity index (χ0v) is 11.4. The van der Waals surface area contributed by atoms with Gasteiger partial charge < -0.3 is 8.94 Å². The Kier molecular flexibility index (Phi) is 3.44. The van der Waals surface area contributed by atoms with E-state index in [1.807, 2.05) is 0 Å². The number of hydrogen-bond acceptors (Lipinski definition) is 8. The van der Waals surface area contributed by atoms with Crippen molar-refractivity contribution in [2.45, 2.75) is 6.54 Å². The number of furan rings is 1. The van der Waals surface area contributed by atoms with Crippen molar-refractivity contribution in [2.75, 3.05) is 0 Å². The Morgan fingerprint density at radius 3 is 2.96 bits per heavy atom. The first-order chi connectivity index (χ1) is 11.1. The molecule has 0 amide bonds. The molecule has 0 spiro atoms. The minimum atomic E-state index is -0.693. The van der Waals surface area contributed by atoms with Crippen molar-refractivity contribution in [3.63, 3.8) is 0 Å². The third-order valence-corrected chi connectivity index (χ3v) is 2.96. The summed E-state index contributed by atoms with van der Waals surface area (Å²) in [4.78, 5) is 26.3. The van der Waals surface area contributed by atoms with E-state index >= 15 is 0 Å². The van der Waals surface area contributed by atoms with Gasteiger partial charge in [-0.25, -0.2) is 0 Å². The monoisotopic (exact) mass is 313 g/mol. The molecule has 0 atom stereocenters. The minimum Gasteiger partial charge on any atom is -0.472 e. The lowest BCUT2D eigenvalue weighted by Crippen LogP contribution is -2.23. The molecule has 0 bridgehead atoms. The Hall–Kier alpha value is -3.74. The predicted octanol–water partition coefficient (Wildman–Crippen LogP) is 1.32. The van der Waals surface area contributed by atoms with Gasteiger partial charge in [0.1, 0.15) is 24.4 Å². The lowest BCUT2D eigenvalue weighted by Gasteiger charge is -2.02. The molecule has 0 saturated heterocycles.